The number of benzene rings is 1. The van der Waals surface area contributed by atoms with Crippen molar-refractivity contribution >= 4 is 6.09 Å². The van der Waals surface area contributed by atoms with Crippen LogP contribution in [0.3, 0.4) is 0 Å². The van der Waals surface area contributed by atoms with Crippen LogP contribution in [0.15, 0.2) is 30.9 Å². The number of methoxy groups -OCH3 is 2. The van der Waals surface area contributed by atoms with Crippen molar-refractivity contribution < 1.29 is 38.7 Å². The van der Waals surface area contributed by atoms with Gasteiger partial charge in [-0.1, -0.05) is 12.5 Å². The minimum absolute atomic E-state index is 0.0433. The highest BCUT2D eigenvalue weighted by Gasteiger charge is 2.69. The predicted molar refractivity (Wildman–Crippen MR) is 125 cm³/mol. The maximum atomic E-state index is 13.2. The lowest BCUT2D eigenvalue weighted by molar-refractivity contribution is -0.205. The van der Waals surface area contributed by atoms with Crippen LogP contribution in [0.5, 0.6) is 11.5 Å². The summed E-state index contributed by atoms with van der Waals surface area (Å²) in [5.74, 6) is 0.439. The first kappa shape index (κ1) is 24.4. The molecule has 2 aliphatic heterocycles. The fourth-order valence-electron chi connectivity index (χ4n) is 6.31. The van der Waals surface area contributed by atoms with Crippen LogP contribution >= 0.6 is 0 Å². The summed E-state index contributed by atoms with van der Waals surface area (Å²) in [6.07, 6.45) is 4.00. The number of hydrogen-bond acceptors (Lipinski definition) is 8. The van der Waals surface area contributed by atoms with E-state index in [1.54, 1.807) is 38.5 Å². The molecule has 0 aromatic heterocycles. The third-order valence-corrected chi connectivity index (χ3v) is 8.01. The molecule has 4 aliphatic rings. The number of aliphatic hydroxyl groups is 2. The van der Waals surface area contributed by atoms with Crippen LogP contribution in [0.25, 0.3) is 0 Å². The molecule has 0 radical (unpaired) electrons. The van der Waals surface area contributed by atoms with E-state index in [4.69, 9.17) is 23.7 Å². The van der Waals surface area contributed by atoms with Gasteiger partial charge in [0.1, 0.15) is 17.6 Å². The maximum absolute atomic E-state index is 13.2. The average Bonchev–Trinajstić information content (AvgIpc) is 3.27. The summed E-state index contributed by atoms with van der Waals surface area (Å²) in [6, 6.07) is 5.29. The molecule has 5 rings (SSSR count). The SMILES string of the molecule is C=CC[C@]1(O)N(Cc2cc(OC)cc(OC)c2)C(=O)O[C@@]12C[C@@H](O)[C@@H]1OC3(CCCCC3)O[C@@H]1C2. The van der Waals surface area contributed by atoms with E-state index in [1.807, 2.05) is 0 Å². The van der Waals surface area contributed by atoms with Gasteiger partial charge >= 0.3 is 6.09 Å². The van der Waals surface area contributed by atoms with Crippen molar-refractivity contribution in [2.45, 2.75) is 93.3 Å². The third-order valence-electron chi connectivity index (χ3n) is 8.01. The summed E-state index contributed by atoms with van der Waals surface area (Å²) in [6.45, 7) is 3.87. The molecule has 5 atom stereocenters. The molecule has 1 aromatic carbocycles. The van der Waals surface area contributed by atoms with Gasteiger partial charge in [0.05, 0.1) is 33.0 Å². The molecule has 1 amide bonds. The van der Waals surface area contributed by atoms with Gasteiger partial charge in [0, 0.05) is 38.2 Å². The Kier molecular flexibility index (Phi) is 6.24. The van der Waals surface area contributed by atoms with Gasteiger partial charge in [-0.25, -0.2) is 4.79 Å². The zero-order chi connectivity index (χ0) is 24.8. The molecule has 0 bridgehead atoms. The van der Waals surface area contributed by atoms with Gasteiger partial charge in [-0.15, -0.1) is 6.58 Å². The zero-order valence-corrected chi connectivity index (χ0v) is 20.4. The molecule has 2 saturated heterocycles. The second kappa shape index (κ2) is 8.96. The number of carbonyl (C=O) groups is 1. The molecular formula is C26H35NO8. The largest absolute Gasteiger partial charge is 0.497 e. The van der Waals surface area contributed by atoms with E-state index in [0.717, 1.165) is 32.1 Å². The van der Waals surface area contributed by atoms with Crippen molar-refractivity contribution in [1.29, 1.82) is 0 Å². The molecular weight excluding hydrogens is 454 g/mol. The van der Waals surface area contributed by atoms with Crippen LogP contribution in [-0.2, 0) is 20.8 Å². The third kappa shape index (κ3) is 3.98. The average molecular weight is 490 g/mol. The van der Waals surface area contributed by atoms with Crippen molar-refractivity contribution in [3.05, 3.63) is 36.4 Å². The fraction of sp³-hybridized carbons (Fsp3) is 0.654. The fourth-order valence-corrected chi connectivity index (χ4v) is 6.31. The lowest BCUT2D eigenvalue weighted by Crippen LogP contribution is -2.64. The summed E-state index contributed by atoms with van der Waals surface area (Å²) in [7, 11) is 3.10. The molecule has 192 valence electrons. The summed E-state index contributed by atoms with van der Waals surface area (Å²) < 4.78 is 29.3. The number of ether oxygens (including phenoxy) is 5. The number of fused-ring (bicyclic) bond motifs is 1. The Bertz CT molecular complexity index is 956. The molecule has 1 aromatic rings. The van der Waals surface area contributed by atoms with Crippen LogP contribution in [0.1, 0.15) is 56.9 Å². The Morgan fingerprint density at radius 1 is 1.11 bits per heavy atom. The summed E-state index contributed by atoms with van der Waals surface area (Å²) >= 11 is 0. The van der Waals surface area contributed by atoms with E-state index in [1.165, 1.54) is 4.90 Å². The number of rotatable bonds is 6. The van der Waals surface area contributed by atoms with Crippen molar-refractivity contribution in [3.8, 4) is 11.5 Å². The minimum Gasteiger partial charge on any atom is -0.497 e. The van der Waals surface area contributed by atoms with Crippen LogP contribution in [0.2, 0.25) is 0 Å². The number of aliphatic hydroxyl groups excluding tert-OH is 1. The second-order valence-corrected chi connectivity index (χ2v) is 10.2. The Balaban J connectivity index is 1.45. The monoisotopic (exact) mass is 489 g/mol. The van der Waals surface area contributed by atoms with Crippen LogP contribution in [-0.4, -0.2) is 70.9 Å². The van der Waals surface area contributed by atoms with Crippen molar-refractivity contribution in [1.82, 2.24) is 4.90 Å². The van der Waals surface area contributed by atoms with Crippen molar-refractivity contribution in [2.24, 2.45) is 0 Å². The van der Waals surface area contributed by atoms with E-state index in [-0.39, 0.29) is 25.8 Å². The summed E-state index contributed by atoms with van der Waals surface area (Å²) in [5, 5.41) is 23.2. The molecule has 2 spiro atoms. The highest BCUT2D eigenvalue weighted by atomic mass is 16.8. The Labute approximate surface area is 205 Å². The number of nitrogens with zero attached hydrogens (tertiary/aromatic N) is 1. The molecule has 2 aliphatic carbocycles. The first-order valence-electron chi connectivity index (χ1n) is 12.4. The van der Waals surface area contributed by atoms with Crippen LogP contribution < -0.4 is 9.47 Å². The Morgan fingerprint density at radius 2 is 1.80 bits per heavy atom. The lowest BCUT2D eigenvalue weighted by atomic mass is 9.72. The van der Waals surface area contributed by atoms with Crippen LogP contribution in [0.4, 0.5) is 4.79 Å². The van der Waals surface area contributed by atoms with Gasteiger partial charge in [-0.05, 0) is 30.5 Å². The Morgan fingerprint density at radius 3 is 2.43 bits per heavy atom. The normalized spacial score (nSPS) is 35.7. The van der Waals surface area contributed by atoms with Gasteiger partial charge in [0.2, 0.25) is 0 Å². The standard InChI is InChI=1S/C26H35NO8/c1-4-8-26(30)24(14-20(28)22-21(15-24)33-25(34-22)9-6-5-7-10-25)35-23(29)27(26)16-17-11-18(31-2)13-19(12-17)32-3/h4,11-13,20-22,28,30H,1,5-10,14-16H2,2-3H3/t20-,21-,22+,24-,26-/m1/s1. The minimum atomic E-state index is -1.74. The number of amides is 1. The van der Waals surface area contributed by atoms with Crippen LogP contribution in [0, 0.1) is 0 Å². The predicted octanol–water partition coefficient (Wildman–Crippen LogP) is 3.26. The molecule has 9 heteroatoms. The first-order chi connectivity index (χ1) is 16.8. The molecule has 0 unspecified atom stereocenters. The number of carbonyl (C=O) groups excluding carboxylic acids is 1. The zero-order valence-electron chi connectivity index (χ0n) is 20.4. The maximum Gasteiger partial charge on any atom is 0.413 e. The van der Waals surface area contributed by atoms with Gasteiger partial charge in [-0.3, -0.25) is 4.90 Å². The molecule has 9 nitrogen and oxygen atoms in total. The summed E-state index contributed by atoms with van der Waals surface area (Å²) in [4.78, 5) is 14.5. The topological polar surface area (TPSA) is 107 Å². The summed E-state index contributed by atoms with van der Waals surface area (Å²) in [5.41, 5.74) is -2.40. The highest BCUT2D eigenvalue weighted by molar-refractivity contribution is 5.73. The second-order valence-electron chi connectivity index (χ2n) is 10.2. The van der Waals surface area contributed by atoms with E-state index < -0.39 is 41.5 Å². The van der Waals surface area contributed by atoms with Gasteiger partial charge < -0.3 is 33.9 Å². The highest BCUT2D eigenvalue weighted by Crippen LogP contribution is 2.54. The quantitative estimate of drug-likeness (QED) is 0.587. The van der Waals surface area contributed by atoms with Crippen molar-refractivity contribution in [3.63, 3.8) is 0 Å². The lowest BCUT2D eigenvalue weighted by Gasteiger charge is -2.47. The molecule has 2 heterocycles. The molecule has 4 fully saturated rings. The molecule has 35 heavy (non-hydrogen) atoms. The molecule has 2 saturated carbocycles. The smallest absolute Gasteiger partial charge is 0.413 e. The van der Waals surface area contributed by atoms with E-state index in [9.17, 15) is 15.0 Å². The van der Waals surface area contributed by atoms with E-state index >= 15 is 0 Å². The van der Waals surface area contributed by atoms with Gasteiger partial charge in [0.25, 0.3) is 0 Å². The van der Waals surface area contributed by atoms with E-state index in [0.29, 0.717) is 17.1 Å². The number of hydrogen-bond donors (Lipinski definition) is 2. The Hall–Kier alpha value is -2.33. The van der Waals surface area contributed by atoms with Crippen molar-refractivity contribution in [2.75, 3.05) is 14.2 Å². The molecule has 2 N–H and O–H groups in total. The van der Waals surface area contributed by atoms with Gasteiger partial charge in [-0.2, -0.15) is 0 Å². The first-order valence-corrected chi connectivity index (χ1v) is 12.4. The van der Waals surface area contributed by atoms with Gasteiger partial charge in [0.15, 0.2) is 17.1 Å². The van der Waals surface area contributed by atoms with E-state index in [2.05, 4.69) is 6.58 Å².